The van der Waals surface area contributed by atoms with Crippen LogP contribution in [0.3, 0.4) is 0 Å². The van der Waals surface area contributed by atoms with Gasteiger partial charge in [0.15, 0.2) is 0 Å². The molecule has 19 heavy (non-hydrogen) atoms. The number of hydrogen-bond acceptors (Lipinski definition) is 4. The summed E-state index contributed by atoms with van der Waals surface area (Å²) < 4.78 is 26.7. The second kappa shape index (κ2) is 4.75. The summed E-state index contributed by atoms with van der Waals surface area (Å²) in [5, 5.41) is 0. The highest BCUT2D eigenvalue weighted by molar-refractivity contribution is 7.92. The number of nitrogens with one attached hydrogen (secondary N) is 1. The van der Waals surface area contributed by atoms with Gasteiger partial charge in [-0.15, -0.1) is 11.3 Å². The van der Waals surface area contributed by atoms with E-state index in [1.807, 2.05) is 0 Å². The molecular formula is C12H14ClNO3S2. The van der Waals surface area contributed by atoms with Crippen LogP contribution in [0.25, 0.3) is 0 Å². The van der Waals surface area contributed by atoms with E-state index in [1.54, 1.807) is 0 Å². The van der Waals surface area contributed by atoms with E-state index >= 15 is 0 Å². The molecule has 1 aromatic heterocycles. The number of carbonyl (C=O) groups excluding carboxylic acids is 1. The molecule has 2 aliphatic rings. The summed E-state index contributed by atoms with van der Waals surface area (Å²) in [7, 11) is -3.76. The minimum absolute atomic E-state index is 0.0888. The van der Waals surface area contributed by atoms with Crippen LogP contribution < -0.4 is 4.72 Å². The highest BCUT2D eigenvalue weighted by atomic mass is 35.5. The van der Waals surface area contributed by atoms with Gasteiger partial charge in [0, 0.05) is 5.92 Å². The zero-order valence-corrected chi connectivity index (χ0v) is 12.5. The Bertz CT molecular complexity index is 610. The molecule has 7 heteroatoms. The van der Waals surface area contributed by atoms with E-state index in [0.717, 1.165) is 36.5 Å². The molecule has 1 N–H and O–H groups in total. The quantitative estimate of drug-likeness (QED) is 0.931. The van der Waals surface area contributed by atoms with Crippen LogP contribution in [-0.4, -0.2) is 14.3 Å². The van der Waals surface area contributed by atoms with Crippen molar-refractivity contribution >= 4 is 38.9 Å². The first kappa shape index (κ1) is 13.4. The van der Waals surface area contributed by atoms with Crippen LogP contribution in [0.5, 0.6) is 0 Å². The monoisotopic (exact) mass is 319 g/mol. The molecule has 0 aromatic carbocycles. The number of halogens is 1. The molecule has 0 aliphatic heterocycles. The third-order valence-electron chi connectivity index (χ3n) is 3.96. The highest BCUT2D eigenvalue weighted by Crippen LogP contribution is 2.51. The van der Waals surface area contributed by atoms with Gasteiger partial charge in [0.1, 0.15) is 4.21 Å². The summed E-state index contributed by atoms with van der Waals surface area (Å²) in [5.74, 6) is 0.906. The number of amides is 1. The summed E-state index contributed by atoms with van der Waals surface area (Å²) in [6, 6.07) is 2.93. The molecule has 3 unspecified atom stereocenters. The fraction of sp³-hybridized carbons (Fsp3) is 0.583. The van der Waals surface area contributed by atoms with E-state index in [-0.39, 0.29) is 16.0 Å². The third kappa shape index (κ3) is 2.80. The van der Waals surface area contributed by atoms with Crippen molar-refractivity contribution in [2.24, 2.45) is 17.8 Å². The van der Waals surface area contributed by atoms with Gasteiger partial charge in [-0.3, -0.25) is 4.79 Å². The standard InChI is InChI=1S/C12H14ClNO3S2/c13-10-3-4-11(18-10)19(16,17)14-12(15)8-2-1-7-5-9(7)6-8/h3-4,7-9H,1-2,5-6H2,(H,14,15). The van der Waals surface area contributed by atoms with Crippen molar-refractivity contribution in [1.82, 2.24) is 4.72 Å². The molecule has 1 aromatic rings. The van der Waals surface area contributed by atoms with Crippen LogP contribution in [0.15, 0.2) is 16.3 Å². The van der Waals surface area contributed by atoms with E-state index in [4.69, 9.17) is 11.6 Å². The van der Waals surface area contributed by atoms with Gasteiger partial charge in [-0.05, 0) is 49.7 Å². The van der Waals surface area contributed by atoms with Gasteiger partial charge in [-0.1, -0.05) is 11.6 Å². The van der Waals surface area contributed by atoms with Gasteiger partial charge in [-0.2, -0.15) is 0 Å². The van der Waals surface area contributed by atoms with Crippen LogP contribution in [-0.2, 0) is 14.8 Å². The maximum absolute atomic E-state index is 12.0. The molecular weight excluding hydrogens is 306 g/mol. The zero-order chi connectivity index (χ0) is 13.6. The average Bonchev–Trinajstić information content (AvgIpc) is 2.99. The summed E-state index contributed by atoms with van der Waals surface area (Å²) >= 11 is 6.67. The fourth-order valence-electron chi connectivity index (χ4n) is 2.80. The van der Waals surface area contributed by atoms with Crippen molar-refractivity contribution < 1.29 is 13.2 Å². The first-order valence-corrected chi connectivity index (χ1v) is 8.95. The summed E-state index contributed by atoms with van der Waals surface area (Å²) in [4.78, 5) is 12.0. The number of fused-ring (bicyclic) bond motifs is 1. The lowest BCUT2D eigenvalue weighted by molar-refractivity contribution is -0.124. The van der Waals surface area contributed by atoms with Crippen LogP contribution in [0.2, 0.25) is 4.34 Å². The number of rotatable bonds is 3. The highest BCUT2D eigenvalue weighted by Gasteiger charge is 2.44. The van der Waals surface area contributed by atoms with Gasteiger partial charge >= 0.3 is 0 Å². The first-order valence-electron chi connectivity index (χ1n) is 6.28. The molecule has 4 nitrogen and oxygen atoms in total. The lowest BCUT2D eigenvalue weighted by Crippen LogP contribution is -2.36. The predicted octanol–water partition coefficient (Wildman–Crippen LogP) is 2.64. The van der Waals surface area contributed by atoms with E-state index in [1.165, 1.54) is 18.6 Å². The molecule has 104 valence electrons. The Kier molecular flexibility index (Phi) is 3.35. The molecule has 2 aliphatic carbocycles. The van der Waals surface area contributed by atoms with Crippen LogP contribution in [0.1, 0.15) is 25.7 Å². The molecule has 2 saturated carbocycles. The number of carbonyl (C=O) groups is 1. The average molecular weight is 320 g/mol. The molecule has 2 fully saturated rings. The second-order valence-corrected chi connectivity index (χ2v) is 8.92. The largest absolute Gasteiger partial charge is 0.274 e. The topological polar surface area (TPSA) is 63.2 Å². The third-order valence-corrected chi connectivity index (χ3v) is 7.03. The van der Waals surface area contributed by atoms with Crippen molar-refractivity contribution in [1.29, 1.82) is 0 Å². The molecule has 0 bridgehead atoms. The maximum atomic E-state index is 12.0. The Labute approximate surface area is 121 Å². The number of sulfonamides is 1. The van der Waals surface area contributed by atoms with Gasteiger partial charge in [-0.25, -0.2) is 13.1 Å². The summed E-state index contributed by atoms with van der Waals surface area (Å²) in [5.41, 5.74) is 0. The van der Waals surface area contributed by atoms with E-state index in [0.29, 0.717) is 10.3 Å². The Balaban J connectivity index is 1.68. The smallest absolute Gasteiger partial charge is 0.273 e. The molecule has 3 rings (SSSR count). The minimum atomic E-state index is -3.76. The lowest BCUT2D eigenvalue weighted by Gasteiger charge is -2.20. The van der Waals surface area contributed by atoms with Crippen LogP contribution in [0.4, 0.5) is 0 Å². The molecule has 0 spiro atoms. The molecule has 0 saturated heterocycles. The van der Waals surface area contributed by atoms with Crippen molar-refractivity contribution in [3.8, 4) is 0 Å². The zero-order valence-electron chi connectivity index (χ0n) is 10.1. The SMILES string of the molecule is O=C(NS(=O)(=O)c1ccc(Cl)s1)C1CCC2CC2C1. The normalized spacial score (nSPS) is 29.6. The molecule has 1 amide bonds. The van der Waals surface area contributed by atoms with Crippen molar-refractivity contribution in [2.75, 3.05) is 0 Å². The molecule has 1 heterocycles. The first-order chi connectivity index (χ1) is 8.95. The van der Waals surface area contributed by atoms with Gasteiger partial charge in [0.25, 0.3) is 10.0 Å². The Morgan fingerprint density at radius 3 is 2.68 bits per heavy atom. The van der Waals surface area contributed by atoms with E-state index < -0.39 is 10.0 Å². The van der Waals surface area contributed by atoms with Crippen molar-refractivity contribution in [3.63, 3.8) is 0 Å². The van der Waals surface area contributed by atoms with E-state index in [9.17, 15) is 13.2 Å². The summed E-state index contributed by atoms with van der Waals surface area (Å²) in [6.45, 7) is 0. The van der Waals surface area contributed by atoms with Crippen molar-refractivity contribution in [3.05, 3.63) is 16.5 Å². The Morgan fingerprint density at radius 2 is 2.05 bits per heavy atom. The molecule has 3 atom stereocenters. The predicted molar refractivity (Wildman–Crippen MR) is 73.6 cm³/mol. The molecule has 0 radical (unpaired) electrons. The lowest BCUT2D eigenvalue weighted by atomic mass is 9.89. The second-order valence-electron chi connectivity index (χ2n) is 5.29. The van der Waals surface area contributed by atoms with E-state index in [2.05, 4.69) is 4.72 Å². The van der Waals surface area contributed by atoms with Gasteiger partial charge in [0.05, 0.1) is 4.34 Å². The Hall–Kier alpha value is -0.590. The van der Waals surface area contributed by atoms with Gasteiger partial charge < -0.3 is 0 Å². The Morgan fingerprint density at radius 1 is 1.26 bits per heavy atom. The van der Waals surface area contributed by atoms with Crippen molar-refractivity contribution in [2.45, 2.75) is 29.9 Å². The van der Waals surface area contributed by atoms with Crippen LogP contribution >= 0.6 is 22.9 Å². The maximum Gasteiger partial charge on any atom is 0.273 e. The van der Waals surface area contributed by atoms with Crippen LogP contribution in [0, 0.1) is 17.8 Å². The fourth-order valence-corrected chi connectivity index (χ4v) is 5.32. The number of hydrogen-bond donors (Lipinski definition) is 1. The minimum Gasteiger partial charge on any atom is -0.274 e. The number of thiophene rings is 1. The van der Waals surface area contributed by atoms with Gasteiger partial charge in [0.2, 0.25) is 5.91 Å². The summed E-state index contributed by atoms with van der Waals surface area (Å²) in [6.07, 6.45) is 3.88.